The Morgan fingerprint density at radius 1 is 1.23 bits per heavy atom. The van der Waals surface area contributed by atoms with Crippen LogP contribution < -0.4 is 0 Å². The Morgan fingerprint density at radius 3 is 2.31 bits per heavy atom. The Kier molecular flexibility index (Phi) is 3.36. The molecule has 1 heterocycles. The van der Waals surface area contributed by atoms with Crippen molar-refractivity contribution in [3.63, 3.8) is 0 Å². The number of likely N-dealkylation sites (N-methyl/N-ethyl adjacent to an activating group) is 1. The molecule has 13 heavy (non-hydrogen) atoms. The maximum absolute atomic E-state index is 2.61. The van der Waals surface area contributed by atoms with E-state index in [0.717, 1.165) is 6.04 Å². The minimum absolute atomic E-state index is 0.435. The van der Waals surface area contributed by atoms with Crippen LogP contribution in [0.1, 0.15) is 27.7 Å². The lowest BCUT2D eigenvalue weighted by molar-refractivity contribution is 0.0703. The van der Waals surface area contributed by atoms with Gasteiger partial charge in [0.1, 0.15) is 0 Å². The third kappa shape index (κ3) is 3.65. The van der Waals surface area contributed by atoms with Gasteiger partial charge in [0.05, 0.1) is 0 Å². The molecule has 0 bridgehead atoms. The van der Waals surface area contributed by atoms with Gasteiger partial charge in [-0.2, -0.15) is 0 Å². The van der Waals surface area contributed by atoms with E-state index in [1.165, 1.54) is 26.2 Å². The number of piperazine rings is 1. The molecule has 0 saturated carbocycles. The van der Waals surface area contributed by atoms with Gasteiger partial charge in [0.2, 0.25) is 0 Å². The van der Waals surface area contributed by atoms with E-state index in [2.05, 4.69) is 44.5 Å². The normalized spacial score (nSPS) is 27.9. The fourth-order valence-corrected chi connectivity index (χ4v) is 2.02. The summed E-state index contributed by atoms with van der Waals surface area (Å²) in [5, 5.41) is 0. The smallest absolute Gasteiger partial charge is 0.0195 e. The first-order valence-electron chi connectivity index (χ1n) is 5.31. The van der Waals surface area contributed by atoms with Crippen molar-refractivity contribution in [2.45, 2.75) is 33.7 Å². The summed E-state index contributed by atoms with van der Waals surface area (Å²) in [4.78, 5) is 5.03. The van der Waals surface area contributed by atoms with Crippen LogP contribution in [0.5, 0.6) is 0 Å². The van der Waals surface area contributed by atoms with Crippen LogP contribution in [0.4, 0.5) is 0 Å². The van der Waals surface area contributed by atoms with Gasteiger partial charge >= 0.3 is 0 Å². The van der Waals surface area contributed by atoms with Crippen molar-refractivity contribution in [1.82, 2.24) is 9.80 Å². The SMILES string of the molecule is C[C@H]1CN(C)CCN1CC(C)(C)C. The molecule has 1 saturated heterocycles. The lowest BCUT2D eigenvalue weighted by Gasteiger charge is -2.41. The predicted octanol–water partition coefficient (Wildman–Crippen LogP) is 1.67. The molecule has 0 N–H and O–H groups in total. The maximum Gasteiger partial charge on any atom is 0.0195 e. The summed E-state index contributed by atoms with van der Waals surface area (Å²) in [6, 6.07) is 0.720. The van der Waals surface area contributed by atoms with Crippen LogP contribution in [-0.2, 0) is 0 Å². The average molecular weight is 184 g/mol. The van der Waals surface area contributed by atoms with Crippen molar-refractivity contribution >= 4 is 0 Å². The fourth-order valence-electron chi connectivity index (χ4n) is 2.02. The van der Waals surface area contributed by atoms with Gasteiger partial charge in [-0.3, -0.25) is 4.90 Å². The van der Waals surface area contributed by atoms with Crippen LogP contribution in [0.15, 0.2) is 0 Å². The Labute approximate surface area is 82.9 Å². The summed E-state index contributed by atoms with van der Waals surface area (Å²) < 4.78 is 0. The van der Waals surface area contributed by atoms with E-state index in [0.29, 0.717) is 5.41 Å². The van der Waals surface area contributed by atoms with Crippen molar-refractivity contribution in [2.24, 2.45) is 5.41 Å². The molecule has 2 nitrogen and oxygen atoms in total. The van der Waals surface area contributed by atoms with Crippen LogP contribution in [0, 0.1) is 5.41 Å². The first-order valence-corrected chi connectivity index (χ1v) is 5.31. The summed E-state index contributed by atoms with van der Waals surface area (Å²) in [5.41, 5.74) is 0.435. The number of nitrogens with zero attached hydrogens (tertiary/aromatic N) is 2. The fraction of sp³-hybridized carbons (Fsp3) is 1.00. The van der Waals surface area contributed by atoms with E-state index in [9.17, 15) is 0 Å². The van der Waals surface area contributed by atoms with Crippen LogP contribution in [0.2, 0.25) is 0 Å². The Balaban J connectivity index is 2.43. The molecule has 1 atom stereocenters. The zero-order valence-electron chi connectivity index (χ0n) is 9.80. The second-order valence-corrected chi connectivity index (χ2v) is 5.64. The van der Waals surface area contributed by atoms with Crippen molar-refractivity contribution in [3.8, 4) is 0 Å². The molecule has 0 aromatic rings. The third-order valence-electron chi connectivity index (χ3n) is 2.65. The molecule has 78 valence electrons. The van der Waals surface area contributed by atoms with E-state index in [4.69, 9.17) is 0 Å². The van der Waals surface area contributed by atoms with Gasteiger partial charge in [-0.1, -0.05) is 20.8 Å². The monoisotopic (exact) mass is 184 g/mol. The average Bonchev–Trinajstić information content (AvgIpc) is 1.93. The lowest BCUT2D eigenvalue weighted by atomic mass is 9.95. The van der Waals surface area contributed by atoms with Gasteiger partial charge in [-0.25, -0.2) is 0 Å². The molecular weight excluding hydrogens is 160 g/mol. The minimum atomic E-state index is 0.435. The second kappa shape index (κ2) is 3.97. The summed E-state index contributed by atoms with van der Waals surface area (Å²) in [6.07, 6.45) is 0. The molecular formula is C11H24N2. The van der Waals surface area contributed by atoms with E-state index >= 15 is 0 Å². The zero-order valence-corrected chi connectivity index (χ0v) is 9.80. The summed E-state index contributed by atoms with van der Waals surface area (Å²) >= 11 is 0. The maximum atomic E-state index is 2.61. The predicted molar refractivity (Wildman–Crippen MR) is 58.0 cm³/mol. The minimum Gasteiger partial charge on any atom is -0.304 e. The molecule has 0 amide bonds. The molecule has 0 aliphatic carbocycles. The Hall–Kier alpha value is -0.0800. The van der Waals surface area contributed by atoms with Crippen LogP contribution in [-0.4, -0.2) is 49.1 Å². The molecule has 0 aromatic carbocycles. The molecule has 1 aliphatic rings. The van der Waals surface area contributed by atoms with E-state index in [-0.39, 0.29) is 0 Å². The van der Waals surface area contributed by atoms with Crippen LogP contribution >= 0.6 is 0 Å². The molecule has 1 rings (SSSR count). The number of hydrogen-bond acceptors (Lipinski definition) is 2. The van der Waals surface area contributed by atoms with Gasteiger partial charge in [-0.15, -0.1) is 0 Å². The Morgan fingerprint density at radius 2 is 1.85 bits per heavy atom. The molecule has 0 unspecified atom stereocenters. The van der Waals surface area contributed by atoms with Crippen LogP contribution in [0.25, 0.3) is 0 Å². The lowest BCUT2D eigenvalue weighted by Crippen LogP contribution is -2.52. The standard InChI is InChI=1S/C11H24N2/c1-10-8-12(5)6-7-13(10)9-11(2,3)4/h10H,6-9H2,1-5H3/t10-/m0/s1. The van der Waals surface area contributed by atoms with Crippen LogP contribution in [0.3, 0.4) is 0 Å². The molecule has 1 aliphatic heterocycles. The van der Waals surface area contributed by atoms with Crippen molar-refractivity contribution in [3.05, 3.63) is 0 Å². The Bertz CT molecular complexity index is 160. The first kappa shape index (κ1) is 11.0. The van der Waals surface area contributed by atoms with Gasteiger partial charge < -0.3 is 4.90 Å². The van der Waals surface area contributed by atoms with Gasteiger partial charge in [-0.05, 0) is 19.4 Å². The van der Waals surface area contributed by atoms with Gasteiger partial charge in [0, 0.05) is 32.2 Å². The highest BCUT2D eigenvalue weighted by Crippen LogP contribution is 2.18. The highest BCUT2D eigenvalue weighted by molar-refractivity contribution is 4.80. The van der Waals surface area contributed by atoms with Crippen molar-refractivity contribution in [2.75, 3.05) is 33.2 Å². The summed E-state index contributed by atoms with van der Waals surface area (Å²) in [5.74, 6) is 0. The molecule has 1 fully saturated rings. The van der Waals surface area contributed by atoms with E-state index < -0.39 is 0 Å². The highest BCUT2D eigenvalue weighted by atomic mass is 15.3. The molecule has 0 spiro atoms. The number of rotatable bonds is 1. The zero-order chi connectivity index (χ0) is 10.1. The van der Waals surface area contributed by atoms with Gasteiger partial charge in [0.15, 0.2) is 0 Å². The third-order valence-corrected chi connectivity index (χ3v) is 2.65. The molecule has 0 aromatic heterocycles. The van der Waals surface area contributed by atoms with Crippen molar-refractivity contribution in [1.29, 1.82) is 0 Å². The molecule has 0 radical (unpaired) electrons. The van der Waals surface area contributed by atoms with E-state index in [1.54, 1.807) is 0 Å². The van der Waals surface area contributed by atoms with Crippen molar-refractivity contribution < 1.29 is 0 Å². The van der Waals surface area contributed by atoms with Gasteiger partial charge in [0.25, 0.3) is 0 Å². The molecule has 2 heteroatoms. The quantitative estimate of drug-likeness (QED) is 0.611. The largest absolute Gasteiger partial charge is 0.304 e. The highest BCUT2D eigenvalue weighted by Gasteiger charge is 2.24. The second-order valence-electron chi connectivity index (χ2n) is 5.64. The number of hydrogen-bond donors (Lipinski definition) is 0. The first-order chi connectivity index (χ1) is 5.88. The topological polar surface area (TPSA) is 6.48 Å². The van der Waals surface area contributed by atoms with E-state index in [1.807, 2.05) is 0 Å². The summed E-state index contributed by atoms with van der Waals surface area (Å²) in [6.45, 7) is 14.2. The summed E-state index contributed by atoms with van der Waals surface area (Å²) in [7, 11) is 2.21.